The van der Waals surface area contributed by atoms with Crippen LogP contribution in [-0.2, 0) is 21.1 Å². The van der Waals surface area contributed by atoms with E-state index >= 15 is 0 Å². The average molecular weight is 449 g/mol. The minimum absolute atomic E-state index is 0.0256. The molecule has 0 aromatic heterocycles. The highest BCUT2D eigenvalue weighted by Gasteiger charge is 2.49. The van der Waals surface area contributed by atoms with Gasteiger partial charge in [-0.3, -0.25) is 9.69 Å². The first-order chi connectivity index (χ1) is 14.4. The van der Waals surface area contributed by atoms with E-state index in [1.165, 1.54) is 12.7 Å². The Kier molecular flexibility index (Phi) is 6.04. The highest BCUT2D eigenvalue weighted by atomic mass is 35.5. The molecule has 4 rings (SSSR count). The van der Waals surface area contributed by atoms with Crippen molar-refractivity contribution in [3.63, 3.8) is 0 Å². The summed E-state index contributed by atoms with van der Waals surface area (Å²) < 4.78 is 30.1. The number of hydrogen-bond donors (Lipinski definition) is 0. The number of carbonyl (C=O) groups excluding carboxylic acids is 1. The summed E-state index contributed by atoms with van der Waals surface area (Å²) in [7, 11) is -1.69. The molecule has 1 amide bonds. The van der Waals surface area contributed by atoms with Crippen molar-refractivity contribution in [2.24, 2.45) is 0 Å². The second-order valence-electron chi connectivity index (χ2n) is 7.85. The lowest BCUT2D eigenvalue weighted by molar-refractivity contribution is -0.123. The number of halogens is 1. The molecule has 0 N–H and O–H groups in total. The Balaban J connectivity index is 1.54. The molecule has 0 unspecified atom stereocenters. The van der Waals surface area contributed by atoms with Gasteiger partial charge in [0.05, 0.1) is 36.2 Å². The average Bonchev–Trinajstić information content (AvgIpc) is 3.04. The van der Waals surface area contributed by atoms with Crippen molar-refractivity contribution >= 4 is 33.0 Å². The number of anilines is 1. The summed E-state index contributed by atoms with van der Waals surface area (Å²) in [6.45, 7) is 0.893. The van der Waals surface area contributed by atoms with Crippen molar-refractivity contribution in [1.29, 1.82) is 0 Å². The highest BCUT2D eigenvalue weighted by Crippen LogP contribution is 2.35. The van der Waals surface area contributed by atoms with Crippen LogP contribution in [0.25, 0.3) is 0 Å². The Bertz CT molecular complexity index is 1030. The van der Waals surface area contributed by atoms with Crippen LogP contribution in [0.5, 0.6) is 5.75 Å². The maximum absolute atomic E-state index is 13.1. The van der Waals surface area contributed by atoms with Gasteiger partial charge < -0.3 is 9.64 Å². The Morgan fingerprint density at radius 1 is 1.10 bits per heavy atom. The highest BCUT2D eigenvalue weighted by molar-refractivity contribution is 7.91. The van der Waals surface area contributed by atoms with Gasteiger partial charge in [0.15, 0.2) is 9.84 Å². The monoisotopic (exact) mass is 448 g/mol. The van der Waals surface area contributed by atoms with Gasteiger partial charge in [0.2, 0.25) is 5.91 Å². The normalized spacial score (nSPS) is 23.4. The van der Waals surface area contributed by atoms with Crippen molar-refractivity contribution in [1.82, 2.24) is 4.90 Å². The fourth-order valence-corrected chi connectivity index (χ4v) is 6.71. The Morgan fingerprint density at radius 2 is 1.83 bits per heavy atom. The van der Waals surface area contributed by atoms with Crippen LogP contribution >= 0.6 is 11.6 Å². The fourth-order valence-electron chi connectivity index (χ4n) is 4.47. The van der Waals surface area contributed by atoms with Crippen molar-refractivity contribution in [2.45, 2.75) is 24.9 Å². The number of rotatable bonds is 6. The standard InChI is InChI=1S/C22H25ClN2O4S/c1-29-21-10-9-17(12-18(21)23)25-20-15-30(27,28)14-19(20)24(13-22(25)26)11-5-8-16-6-3-2-4-7-16/h2-4,6-7,9-10,12,19-20H,5,8,11,13-15H2,1H3/t19-,20-/m1/s1. The van der Waals surface area contributed by atoms with E-state index in [9.17, 15) is 13.2 Å². The lowest BCUT2D eigenvalue weighted by Crippen LogP contribution is -2.62. The number of piperazine rings is 1. The maximum Gasteiger partial charge on any atom is 0.241 e. The molecule has 2 saturated heterocycles. The molecular weight excluding hydrogens is 424 g/mol. The van der Waals surface area contributed by atoms with Crippen LogP contribution < -0.4 is 9.64 Å². The molecule has 0 bridgehead atoms. The molecule has 160 valence electrons. The van der Waals surface area contributed by atoms with Gasteiger partial charge in [-0.2, -0.15) is 0 Å². The summed E-state index contributed by atoms with van der Waals surface area (Å²) >= 11 is 6.26. The molecule has 8 heteroatoms. The van der Waals surface area contributed by atoms with E-state index in [0.717, 1.165) is 12.8 Å². The number of amides is 1. The van der Waals surface area contributed by atoms with Crippen LogP contribution in [0.2, 0.25) is 5.02 Å². The number of aryl methyl sites for hydroxylation is 1. The van der Waals surface area contributed by atoms with E-state index in [2.05, 4.69) is 12.1 Å². The number of sulfone groups is 1. The summed E-state index contributed by atoms with van der Waals surface area (Å²) in [5.41, 5.74) is 1.85. The van der Waals surface area contributed by atoms with Gasteiger partial charge in [-0.15, -0.1) is 0 Å². The minimum Gasteiger partial charge on any atom is -0.495 e. The van der Waals surface area contributed by atoms with Crippen molar-refractivity contribution < 1.29 is 17.9 Å². The lowest BCUT2D eigenvalue weighted by atomic mass is 10.0. The van der Waals surface area contributed by atoms with Crippen LogP contribution in [0.15, 0.2) is 48.5 Å². The van der Waals surface area contributed by atoms with Gasteiger partial charge in [-0.1, -0.05) is 41.9 Å². The first kappa shape index (κ1) is 21.2. The topological polar surface area (TPSA) is 66.9 Å². The van der Waals surface area contributed by atoms with Gasteiger partial charge in [-0.25, -0.2) is 8.42 Å². The van der Waals surface area contributed by atoms with Crippen LogP contribution in [0.3, 0.4) is 0 Å². The van der Waals surface area contributed by atoms with E-state index in [1.807, 2.05) is 23.1 Å². The van der Waals surface area contributed by atoms with Crippen molar-refractivity contribution in [3.8, 4) is 5.75 Å². The largest absolute Gasteiger partial charge is 0.495 e. The van der Waals surface area contributed by atoms with Crippen LogP contribution in [0.4, 0.5) is 5.69 Å². The SMILES string of the molecule is COc1ccc(N2C(=O)CN(CCCc3ccccc3)[C@@H]3CS(=O)(=O)C[C@H]32)cc1Cl. The summed E-state index contributed by atoms with van der Waals surface area (Å²) in [5, 5.41) is 0.394. The van der Waals surface area contributed by atoms with E-state index in [4.69, 9.17) is 16.3 Å². The quantitative estimate of drug-likeness (QED) is 0.679. The molecule has 2 aromatic rings. The minimum atomic E-state index is -3.22. The lowest BCUT2D eigenvalue weighted by Gasteiger charge is -2.43. The zero-order valence-corrected chi connectivity index (χ0v) is 18.4. The Labute approximate surface area is 182 Å². The molecular formula is C22H25ClN2O4S. The van der Waals surface area contributed by atoms with E-state index in [0.29, 0.717) is 23.0 Å². The molecule has 2 atom stereocenters. The van der Waals surface area contributed by atoms with Crippen LogP contribution in [0.1, 0.15) is 12.0 Å². The van der Waals surface area contributed by atoms with Gasteiger partial charge in [-0.05, 0) is 43.1 Å². The molecule has 0 saturated carbocycles. The number of carbonyl (C=O) groups is 1. The van der Waals surface area contributed by atoms with E-state index in [1.54, 1.807) is 23.1 Å². The number of hydrogen-bond acceptors (Lipinski definition) is 5. The summed E-state index contributed by atoms with van der Waals surface area (Å²) in [6, 6.07) is 14.7. The molecule has 0 aliphatic carbocycles. The molecule has 2 aliphatic heterocycles. The number of benzene rings is 2. The molecule has 2 heterocycles. The number of methoxy groups -OCH3 is 1. The van der Waals surface area contributed by atoms with Crippen LogP contribution in [0, 0.1) is 0 Å². The molecule has 2 aromatic carbocycles. The number of fused-ring (bicyclic) bond motifs is 1. The third-order valence-corrected chi connectivity index (χ3v) is 7.86. The van der Waals surface area contributed by atoms with Crippen molar-refractivity contribution in [2.75, 3.05) is 36.6 Å². The fraction of sp³-hybridized carbons (Fsp3) is 0.409. The van der Waals surface area contributed by atoms with Crippen LogP contribution in [-0.4, -0.2) is 63.0 Å². The first-order valence-electron chi connectivity index (χ1n) is 10.0. The van der Waals surface area contributed by atoms with E-state index in [-0.39, 0.29) is 30.0 Å². The van der Waals surface area contributed by atoms with E-state index < -0.39 is 15.9 Å². The predicted octanol–water partition coefficient (Wildman–Crippen LogP) is 2.80. The summed E-state index contributed by atoms with van der Waals surface area (Å²) in [5.74, 6) is 0.469. The number of nitrogens with zero attached hydrogens (tertiary/aromatic N) is 2. The second kappa shape index (κ2) is 8.57. The molecule has 30 heavy (non-hydrogen) atoms. The zero-order chi connectivity index (χ0) is 21.3. The van der Waals surface area contributed by atoms with Gasteiger partial charge in [0, 0.05) is 11.7 Å². The summed E-state index contributed by atoms with van der Waals surface area (Å²) in [4.78, 5) is 16.7. The molecule has 0 spiro atoms. The third kappa shape index (κ3) is 4.33. The first-order valence-corrected chi connectivity index (χ1v) is 12.2. The number of ether oxygens (including phenoxy) is 1. The summed E-state index contributed by atoms with van der Waals surface area (Å²) in [6.07, 6.45) is 1.77. The molecule has 2 fully saturated rings. The predicted molar refractivity (Wildman–Crippen MR) is 118 cm³/mol. The Hall–Kier alpha value is -2.09. The van der Waals surface area contributed by atoms with Gasteiger partial charge in [0.1, 0.15) is 5.75 Å². The van der Waals surface area contributed by atoms with Crippen molar-refractivity contribution in [3.05, 3.63) is 59.1 Å². The molecule has 0 radical (unpaired) electrons. The van der Waals surface area contributed by atoms with Gasteiger partial charge in [0.25, 0.3) is 0 Å². The van der Waals surface area contributed by atoms with Gasteiger partial charge >= 0.3 is 0 Å². The maximum atomic E-state index is 13.1. The second-order valence-corrected chi connectivity index (χ2v) is 10.4. The smallest absolute Gasteiger partial charge is 0.241 e. The third-order valence-electron chi connectivity index (χ3n) is 5.87. The molecule has 6 nitrogen and oxygen atoms in total. The molecule has 2 aliphatic rings. The zero-order valence-electron chi connectivity index (χ0n) is 16.8. The Morgan fingerprint density at radius 3 is 2.53 bits per heavy atom.